The Balaban J connectivity index is 5.17. The number of aliphatic hydroxyl groups excluding tert-OH is 1. The number of ether oxygens (including phenoxy) is 4. The summed E-state index contributed by atoms with van der Waals surface area (Å²) in [5.74, 6) is -2.12. The van der Waals surface area contributed by atoms with Gasteiger partial charge in [0.15, 0.2) is 12.2 Å². The Labute approximate surface area is 549 Å². The van der Waals surface area contributed by atoms with Gasteiger partial charge in [-0.3, -0.25) is 37.3 Å². The van der Waals surface area contributed by atoms with Gasteiger partial charge in [-0.05, 0) is 25.7 Å². The van der Waals surface area contributed by atoms with Crippen LogP contribution in [0.5, 0.6) is 0 Å². The van der Waals surface area contributed by atoms with Crippen molar-refractivity contribution in [3.05, 3.63) is 0 Å². The molecule has 0 radical (unpaired) electrons. The molecular weight excluding hydrogens is 1190 g/mol. The van der Waals surface area contributed by atoms with E-state index in [-0.39, 0.29) is 25.7 Å². The Bertz CT molecular complexity index is 1720. The molecule has 534 valence electrons. The molecule has 0 spiro atoms. The van der Waals surface area contributed by atoms with Gasteiger partial charge in [0.2, 0.25) is 0 Å². The van der Waals surface area contributed by atoms with Gasteiger partial charge in [0.05, 0.1) is 26.4 Å². The van der Waals surface area contributed by atoms with E-state index in [4.69, 9.17) is 37.0 Å². The standard InChI is InChI=1S/C71H138O17P2/c1-5-9-13-17-21-25-27-29-31-33-34-36-38-40-42-46-50-54-58-71(76)88-67(62-82-69(74)56-52-48-45-41-39-37-35-32-30-28-26-22-18-14-10-6-2)64-86-90(79,80)84-60-65(72)59-83-89(77,78)85-63-66(87-70(75)57-53-49-44-24-20-16-12-8-4)61-81-68(73)55-51-47-43-23-19-15-11-7-3/h65-67,72H,5-64H2,1-4H3,(H,77,78)(H,79,80)/t65-,66+,67+/m0/s1. The monoisotopic (exact) mass is 1320 g/mol. The van der Waals surface area contributed by atoms with Crippen molar-refractivity contribution in [2.45, 2.75) is 393 Å². The number of esters is 4. The number of carbonyl (C=O) groups is 4. The summed E-state index contributed by atoms with van der Waals surface area (Å²) in [7, 11) is -9.89. The van der Waals surface area contributed by atoms with Crippen LogP contribution in [-0.4, -0.2) is 96.7 Å². The van der Waals surface area contributed by atoms with Crippen LogP contribution >= 0.6 is 15.6 Å². The lowest BCUT2D eigenvalue weighted by atomic mass is 10.0. The van der Waals surface area contributed by atoms with Crippen molar-refractivity contribution < 1.29 is 80.2 Å². The molecule has 0 bridgehead atoms. The summed E-state index contributed by atoms with van der Waals surface area (Å²) in [6.45, 7) is 4.90. The Morgan fingerprint density at radius 3 is 0.656 bits per heavy atom. The minimum absolute atomic E-state index is 0.105. The first-order chi connectivity index (χ1) is 43.7. The fraction of sp³-hybridized carbons (Fsp3) is 0.944. The van der Waals surface area contributed by atoms with Crippen LogP contribution in [0, 0.1) is 0 Å². The number of rotatable bonds is 72. The zero-order valence-electron chi connectivity index (χ0n) is 58.1. The molecule has 0 aromatic heterocycles. The normalized spacial score (nSPS) is 14.0. The average Bonchev–Trinajstić information content (AvgIpc) is 3.58. The number of hydrogen-bond acceptors (Lipinski definition) is 15. The topological polar surface area (TPSA) is 237 Å². The molecular formula is C71H138O17P2. The van der Waals surface area contributed by atoms with E-state index in [9.17, 15) is 43.2 Å². The third-order valence-corrected chi connectivity index (χ3v) is 18.5. The van der Waals surface area contributed by atoms with Crippen molar-refractivity contribution in [1.29, 1.82) is 0 Å². The zero-order chi connectivity index (χ0) is 66.1. The van der Waals surface area contributed by atoms with Crippen molar-refractivity contribution in [3.8, 4) is 0 Å². The fourth-order valence-corrected chi connectivity index (χ4v) is 12.4. The van der Waals surface area contributed by atoms with Crippen LogP contribution in [0.15, 0.2) is 0 Å². The summed E-state index contributed by atoms with van der Waals surface area (Å²) in [6.07, 6.45) is 54.3. The number of aliphatic hydroxyl groups is 1. The van der Waals surface area contributed by atoms with E-state index in [1.165, 1.54) is 193 Å². The Morgan fingerprint density at radius 1 is 0.267 bits per heavy atom. The lowest BCUT2D eigenvalue weighted by molar-refractivity contribution is -0.161. The predicted molar refractivity (Wildman–Crippen MR) is 363 cm³/mol. The van der Waals surface area contributed by atoms with Crippen molar-refractivity contribution in [1.82, 2.24) is 0 Å². The summed E-state index contributed by atoms with van der Waals surface area (Å²) in [5, 5.41) is 10.6. The summed E-state index contributed by atoms with van der Waals surface area (Å²) in [5.41, 5.74) is 0. The van der Waals surface area contributed by atoms with Crippen LogP contribution in [0.25, 0.3) is 0 Å². The van der Waals surface area contributed by atoms with Gasteiger partial charge in [-0.25, -0.2) is 9.13 Å². The molecule has 2 unspecified atom stereocenters. The molecule has 90 heavy (non-hydrogen) atoms. The molecule has 0 aliphatic heterocycles. The molecule has 0 fully saturated rings. The van der Waals surface area contributed by atoms with E-state index in [2.05, 4.69) is 27.7 Å². The molecule has 0 amide bonds. The average molecular weight is 1330 g/mol. The largest absolute Gasteiger partial charge is 0.472 e. The molecule has 5 atom stereocenters. The predicted octanol–water partition coefficient (Wildman–Crippen LogP) is 20.7. The van der Waals surface area contributed by atoms with E-state index >= 15 is 0 Å². The van der Waals surface area contributed by atoms with Crippen LogP contribution < -0.4 is 0 Å². The molecule has 0 aliphatic rings. The molecule has 0 heterocycles. The van der Waals surface area contributed by atoms with Gasteiger partial charge in [-0.15, -0.1) is 0 Å². The molecule has 0 aliphatic carbocycles. The minimum Gasteiger partial charge on any atom is -0.462 e. The molecule has 17 nitrogen and oxygen atoms in total. The van der Waals surface area contributed by atoms with Gasteiger partial charge in [0.1, 0.15) is 19.3 Å². The third-order valence-electron chi connectivity index (χ3n) is 16.6. The molecule has 3 N–H and O–H groups in total. The number of hydrogen-bond donors (Lipinski definition) is 3. The minimum atomic E-state index is -4.95. The number of phosphoric ester groups is 2. The van der Waals surface area contributed by atoms with Gasteiger partial charge in [-0.1, -0.05) is 323 Å². The lowest BCUT2D eigenvalue weighted by Gasteiger charge is -2.21. The SMILES string of the molecule is CCCCCCCCCCCCCCCCCCCCC(=O)O[C@H](COC(=O)CCCCCCCCCCCCCCCCCC)COP(=O)(O)OC[C@@H](O)COP(=O)(O)OC[C@@H](COC(=O)CCCCCCCCCC)OC(=O)CCCCCCCCCC. The van der Waals surface area contributed by atoms with Crippen molar-refractivity contribution in [2.24, 2.45) is 0 Å². The van der Waals surface area contributed by atoms with Crippen molar-refractivity contribution in [2.75, 3.05) is 39.6 Å². The Morgan fingerprint density at radius 2 is 0.444 bits per heavy atom. The highest BCUT2D eigenvalue weighted by atomic mass is 31.2. The maximum absolute atomic E-state index is 13.0. The van der Waals surface area contributed by atoms with E-state index in [1.54, 1.807) is 0 Å². The summed E-state index contributed by atoms with van der Waals surface area (Å²) in [6, 6.07) is 0. The van der Waals surface area contributed by atoms with E-state index in [1.807, 2.05) is 0 Å². The lowest BCUT2D eigenvalue weighted by Crippen LogP contribution is -2.30. The summed E-state index contributed by atoms with van der Waals surface area (Å²) < 4.78 is 68.2. The van der Waals surface area contributed by atoms with Gasteiger partial charge in [0, 0.05) is 25.7 Å². The first-order valence-corrected chi connectivity index (χ1v) is 40.3. The maximum Gasteiger partial charge on any atom is 0.472 e. The van der Waals surface area contributed by atoms with E-state index in [0.29, 0.717) is 25.7 Å². The van der Waals surface area contributed by atoms with Gasteiger partial charge in [0.25, 0.3) is 0 Å². The Hall–Kier alpha value is -1.94. The second-order valence-electron chi connectivity index (χ2n) is 25.6. The Kier molecular flexibility index (Phi) is 64.3. The molecule has 0 aromatic carbocycles. The molecule has 0 aromatic rings. The highest BCUT2D eigenvalue weighted by Crippen LogP contribution is 2.45. The van der Waals surface area contributed by atoms with E-state index < -0.39 is 97.5 Å². The van der Waals surface area contributed by atoms with Crippen LogP contribution in [0.2, 0.25) is 0 Å². The van der Waals surface area contributed by atoms with Gasteiger partial charge >= 0.3 is 39.5 Å². The van der Waals surface area contributed by atoms with Gasteiger partial charge < -0.3 is 33.8 Å². The fourth-order valence-electron chi connectivity index (χ4n) is 10.9. The number of carbonyl (C=O) groups excluding carboxylic acids is 4. The second-order valence-corrected chi connectivity index (χ2v) is 28.5. The first kappa shape index (κ1) is 88.1. The highest BCUT2D eigenvalue weighted by molar-refractivity contribution is 7.47. The molecule has 0 rings (SSSR count). The quantitative estimate of drug-likeness (QED) is 0.0222. The van der Waals surface area contributed by atoms with E-state index in [0.717, 1.165) is 103 Å². The number of phosphoric acid groups is 2. The van der Waals surface area contributed by atoms with Crippen LogP contribution in [-0.2, 0) is 65.4 Å². The van der Waals surface area contributed by atoms with Crippen LogP contribution in [0.4, 0.5) is 0 Å². The van der Waals surface area contributed by atoms with Gasteiger partial charge in [-0.2, -0.15) is 0 Å². The first-order valence-electron chi connectivity index (χ1n) is 37.3. The van der Waals surface area contributed by atoms with Crippen LogP contribution in [0.1, 0.15) is 374 Å². The highest BCUT2D eigenvalue weighted by Gasteiger charge is 2.30. The zero-order valence-corrected chi connectivity index (χ0v) is 59.9. The van der Waals surface area contributed by atoms with Crippen molar-refractivity contribution >= 4 is 39.5 Å². The van der Waals surface area contributed by atoms with Crippen LogP contribution in [0.3, 0.4) is 0 Å². The molecule has 19 heteroatoms. The molecule has 0 saturated heterocycles. The maximum atomic E-state index is 13.0. The summed E-state index contributed by atoms with van der Waals surface area (Å²) in [4.78, 5) is 72.4. The smallest absolute Gasteiger partial charge is 0.462 e. The van der Waals surface area contributed by atoms with Crippen molar-refractivity contribution in [3.63, 3.8) is 0 Å². The number of unbranched alkanes of at least 4 members (excludes halogenated alkanes) is 46. The third kappa shape index (κ3) is 64.8. The molecule has 0 saturated carbocycles. The summed E-state index contributed by atoms with van der Waals surface area (Å²) >= 11 is 0. The second kappa shape index (κ2) is 65.7.